The number of carbonyl (C=O) groups is 1. The topological polar surface area (TPSA) is 98.3 Å². The van der Waals surface area contributed by atoms with Gasteiger partial charge in [0.05, 0.1) is 23.8 Å². The van der Waals surface area contributed by atoms with E-state index in [1.165, 1.54) is 0 Å². The summed E-state index contributed by atoms with van der Waals surface area (Å²) in [7, 11) is -3.03. The lowest BCUT2D eigenvalue weighted by Crippen LogP contribution is -2.37. The fourth-order valence-corrected chi connectivity index (χ4v) is 5.32. The summed E-state index contributed by atoms with van der Waals surface area (Å²) in [5.41, 5.74) is 0. The van der Waals surface area contributed by atoms with E-state index in [9.17, 15) is 13.2 Å². The second-order valence-electron chi connectivity index (χ2n) is 6.92. The quantitative estimate of drug-likeness (QED) is 0.781. The highest BCUT2D eigenvalue weighted by Crippen LogP contribution is 2.26. The monoisotopic (exact) mass is 378 g/mol. The van der Waals surface area contributed by atoms with Crippen molar-refractivity contribution in [2.45, 2.75) is 38.1 Å². The molecule has 140 valence electrons. The number of hydrogen-bond donors (Lipinski definition) is 0. The van der Waals surface area contributed by atoms with Gasteiger partial charge in [-0.2, -0.15) is 0 Å². The van der Waals surface area contributed by atoms with Crippen molar-refractivity contribution in [3.05, 3.63) is 24.2 Å². The Kier molecular flexibility index (Phi) is 4.56. The van der Waals surface area contributed by atoms with E-state index in [0.29, 0.717) is 43.2 Å². The van der Waals surface area contributed by atoms with Crippen molar-refractivity contribution in [2.75, 3.05) is 24.6 Å². The predicted octanol–water partition coefficient (Wildman–Crippen LogP) is 1.45. The fourth-order valence-electron chi connectivity index (χ4n) is 3.63. The molecule has 0 saturated carbocycles. The third-order valence-corrected chi connectivity index (χ3v) is 6.77. The largest absolute Gasteiger partial charge is 0.461 e. The van der Waals surface area contributed by atoms with Gasteiger partial charge in [0.15, 0.2) is 15.6 Å². The Morgan fingerprint density at radius 1 is 1.31 bits per heavy atom. The van der Waals surface area contributed by atoms with Gasteiger partial charge in [-0.15, -0.1) is 5.10 Å². The van der Waals surface area contributed by atoms with Crippen molar-refractivity contribution in [1.29, 1.82) is 0 Å². The number of carbonyl (C=O) groups excluding carboxylic acids is 1. The van der Waals surface area contributed by atoms with Crippen LogP contribution < -0.4 is 0 Å². The SMILES string of the molecule is O=C1CCCCN1CCc1nc(-c2ccco2)nn1C1CCS(=O)(=O)C1. The summed E-state index contributed by atoms with van der Waals surface area (Å²) in [5, 5.41) is 4.53. The smallest absolute Gasteiger partial charge is 0.222 e. The third kappa shape index (κ3) is 3.53. The molecular weight excluding hydrogens is 356 g/mol. The summed E-state index contributed by atoms with van der Waals surface area (Å²) in [5.74, 6) is 2.16. The van der Waals surface area contributed by atoms with E-state index in [1.54, 1.807) is 23.1 Å². The molecule has 0 aromatic carbocycles. The number of nitrogens with zero attached hydrogens (tertiary/aromatic N) is 4. The number of aromatic nitrogens is 3. The molecule has 0 radical (unpaired) electrons. The predicted molar refractivity (Wildman–Crippen MR) is 94.2 cm³/mol. The van der Waals surface area contributed by atoms with Gasteiger partial charge in [0, 0.05) is 25.9 Å². The minimum Gasteiger partial charge on any atom is -0.461 e. The molecule has 1 amide bonds. The summed E-state index contributed by atoms with van der Waals surface area (Å²) in [6.45, 7) is 1.35. The number of furan rings is 1. The number of piperidine rings is 1. The molecule has 0 spiro atoms. The lowest BCUT2D eigenvalue weighted by molar-refractivity contribution is -0.133. The Bertz CT molecular complexity index is 888. The molecular formula is C17H22N4O4S. The first-order chi connectivity index (χ1) is 12.5. The zero-order chi connectivity index (χ0) is 18.1. The van der Waals surface area contributed by atoms with Crippen LogP contribution in [0, 0.1) is 0 Å². The summed E-state index contributed by atoms with van der Waals surface area (Å²) in [6, 6.07) is 3.34. The van der Waals surface area contributed by atoms with E-state index in [-0.39, 0.29) is 23.5 Å². The minimum atomic E-state index is -3.03. The van der Waals surface area contributed by atoms with Crippen LogP contribution in [0.2, 0.25) is 0 Å². The summed E-state index contributed by atoms with van der Waals surface area (Å²) in [6.07, 6.45) is 5.23. The van der Waals surface area contributed by atoms with E-state index in [4.69, 9.17) is 4.42 Å². The molecule has 0 N–H and O–H groups in total. The van der Waals surface area contributed by atoms with Gasteiger partial charge in [-0.25, -0.2) is 18.1 Å². The normalized spacial score (nSPS) is 22.8. The highest BCUT2D eigenvalue weighted by molar-refractivity contribution is 7.91. The average molecular weight is 378 g/mol. The number of hydrogen-bond acceptors (Lipinski definition) is 6. The average Bonchev–Trinajstić information content (AvgIpc) is 3.33. The first-order valence-electron chi connectivity index (χ1n) is 8.99. The fraction of sp³-hybridized carbons (Fsp3) is 0.588. The van der Waals surface area contributed by atoms with Gasteiger partial charge in [-0.05, 0) is 31.4 Å². The molecule has 2 aliphatic heterocycles. The number of rotatable bonds is 5. The molecule has 0 aliphatic carbocycles. The second-order valence-corrected chi connectivity index (χ2v) is 9.15. The Labute approximate surface area is 152 Å². The van der Waals surface area contributed by atoms with Crippen LogP contribution in [0.4, 0.5) is 0 Å². The van der Waals surface area contributed by atoms with Gasteiger partial charge in [0.1, 0.15) is 5.82 Å². The van der Waals surface area contributed by atoms with E-state index >= 15 is 0 Å². The zero-order valence-electron chi connectivity index (χ0n) is 14.5. The van der Waals surface area contributed by atoms with Crippen LogP contribution in [0.5, 0.6) is 0 Å². The molecule has 1 atom stereocenters. The molecule has 4 heterocycles. The maximum absolute atomic E-state index is 12.0. The standard InChI is InChI=1S/C17H22N4O4S/c22-16-5-1-2-8-20(16)9-6-15-18-17(14-4-3-10-25-14)19-21(15)13-7-11-26(23,24)12-13/h3-4,10,13H,1-2,5-9,11-12H2. The maximum atomic E-state index is 12.0. The van der Waals surface area contributed by atoms with Gasteiger partial charge in [-0.1, -0.05) is 0 Å². The summed E-state index contributed by atoms with van der Waals surface area (Å²) < 4.78 is 30.9. The number of amides is 1. The number of sulfone groups is 1. The molecule has 2 aromatic heterocycles. The Hall–Kier alpha value is -2.16. The van der Waals surface area contributed by atoms with Gasteiger partial charge >= 0.3 is 0 Å². The van der Waals surface area contributed by atoms with Gasteiger partial charge in [0.25, 0.3) is 0 Å². The first kappa shape index (κ1) is 17.3. The van der Waals surface area contributed by atoms with Crippen LogP contribution in [0.3, 0.4) is 0 Å². The van der Waals surface area contributed by atoms with Crippen LogP contribution in [0.25, 0.3) is 11.6 Å². The minimum absolute atomic E-state index is 0.0869. The lowest BCUT2D eigenvalue weighted by Gasteiger charge is -2.26. The lowest BCUT2D eigenvalue weighted by atomic mass is 10.1. The third-order valence-electron chi connectivity index (χ3n) is 5.02. The highest BCUT2D eigenvalue weighted by atomic mass is 32.2. The zero-order valence-corrected chi connectivity index (χ0v) is 15.3. The van der Waals surface area contributed by atoms with Crippen molar-refractivity contribution in [3.63, 3.8) is 0 Å². The van der Waals surface area contributed by atoms with E-state index in [2.05, 4.69) is 10.1 Å². The Morgan fingerprint density at radius 2 is 2.19 bits per heavy atom. The van der Waals surface area contributed by atoms with Gasteiger partial charge in [-0.3, -0.25) is 4.79 Å². The maximum Gasteiger partial charge on any atom is 0.222 e. The van der Waals surface area contributed by atoms with Crippen molar-refractivity contribution >= 4 is 15.7 Å². The van der Waals surface area contributed by atoms with Crippen LogP contribution >= 0.6 is 0 Å². The molecule has 8 nitrogen and oxygen atoms in total. The molecule has 2 saturated heterocycles. The molecule has 4 rings (SSSR count). The van der Waals surface area contributed by atoms with Crippen LogP contribution in [-0.4, -0.2) is 58.6 Å². The summed E-state index contributed by atoms with van der Waals surface area (Å²) in [4.78, 5) is 18.5. The van der Waals surface area contributed by atoms with Crippen LogP contribution in [-0.2, 0) is 21.1 Å². The van der Waals surface area contributed by atoms with Gasteiger partial charge < -0.3 is 9.32 Å². The molecule has 9 heteroatoms. The van der Waals surface area contributed by atoms with Crippen LogP contribution in [0.15, 0.2) is 22.8 Å². The second kappa shape index (κ2) is 6.86. The molecule has 2 aliphatic rings. The van der Waals surface area contributed by atoms with Crippen molar-refractivity contribution < 1.29 is 17.6 Å². The molecule has 26 heavy (non-hydrogen) atoms. The first-order valence-corrected chi connectivity index (χ1v) is 10.8. The van der Waals surface area contributed by atoms with Crippen molar-refractivity contribution in [1.82, 2.24) is 19.7 Å². The van der Waals surface area contributed by atoms with Gasteiger partial charge in [0.2, 0.25) is 11.7 Å². The van der Waals surface area contributed by atoms with E-state index in [1.807, 2.05) is 4.90 Å². The van der Waals surface area contributed by atoms with Crippen molar-refractivity contribution in [2.24, 2.45) is 0 Å². The van der Waals surface area contributed by atoms with Crippen molar-refractivity contribution in [3.8, 4) is 11.6 Å². The molecule has 2 fully saturated rings. The highest BCUT2D eigenvalue weighted by Gasteiger charge is 2.32. The van der Waals surface area contributed by atoms with Crippen LogP contribution in [0.1, 0.15) is 37.5 Å². The molecule has 1 unspecified atom stereocenters. The molecule has 0 bridgehead atoms. The summed E-state index contributed by atoms with van der Waals surface area (Å²) >= 11 is 0. The number of likely N-dealkylation sites (tertiary alicyclic amines) is 1. The molecule has 2 aromatic rings. The Balaban J connectivity index is 1.58. The van der Waals surface area contributed by atoms with E-state index in [0.717, 1.165) is 19.4 Å². The van der Waals surface area contributed by atoms with E-state index < -0.39 is 9.84 Å². The Morgan fingerprint density at radius 3 is 2.88 bits per heavy atom.